The Labute approximate surface area is 164 Å². The van der Waals surface area contributed by atoms with Crippen LogP contribution in [0.4, 0.5) is 0 Å². The van der Waals surface area contributed by atoms with Crippen LogP contribution in [-0.4, -0.2) is 24.8 Å². The largest absolute Gasteiger partial charge is 0.336 e. The van der Waals surface area contributed by atoms with Crippen molar-refractivity contribution < 1.29 is 0 Å². The van der Waals surface area contributed by atoms with Crippen molar-refractivity contribution in [2.45, 2.75) is 62.3 Å². The van der Waals surface area contributed by atoms with Crippen LogP contribution in [0.15, 0.2) is 9.95 Å². The molecule has 9 heteroatoms. The fourth-order valence-electron chi connectivity index (χ4n) is 3.76. The topological polar surface area (TPSA) is 102 Å². The summed E-state index contributed by atoms with van der Waals surface area (Å²) in [5, 5.41) is 9.82. The van der Waals surface area contributed by atoms with Gasteiger partial charge in [-0.05, 0) is 50.5 Å². The average Bonchev–Trinajstić information content (AvgIpc) is 3.31. The fraction of sp³-hybridized carbons (Fsp3) is 0.556. The number of nitrogens with zero attached hydrogens (tertiary/aromatic N) is 4. The van der Waals surface area contributed by atoms with Crippen LogP contribution in [-0.2, 0) is 12.8 Å². The quantitative estimate of drug-likeness (QED) is 0.513. The van der Waals surface area contributed by atoms with Gasteiger partial charge in [-0.25, -0.2) is 9.66 Å². The first kappa shape index (κ1) is 17.2. The second-order valence-electron chi connectivity index (χ2n) is 7.73. The molecule has 2 atom stereocenters. The van der Waals surface area contributed by atoms with Crippen LogP contribution in [0.3, 0.4) is 0 Å². The predicted octanol–water partition coefficient (Wildman–Crippen LogP) is 3.15. The molecule has 3 aromatic rings. The van der Waals surface area contributed by atoms with E-state index < -0.39 is 0 Å². The van der Waals surface area contributed by atoms with Crippen molar-refractivity contribution >= 4 is 33.3 Å². The maximum atomic E-state index is 12.8. The third-order valence-corrected chi connectivity index (χ3v) is 7.70. The SMILES string of the molecule is C[C@@H]1CCc2c(sc3nc([C@H](C)Sc4nnc(C5CC5)n4N)[nH]c(=O)c23)C1. The van der Waals surface area contributed by atoms with Crippen LogP contribution >= 0.6 is 23.1 Å². The molecule has 1 fully saturated rings. The predicted molar refractivity (Wildman–Crippen MR) is 108 cm³/mol. The van der Waals surface area contributed by atoms with Gasteiger partial charge in [0.2, 0.25) is 5.16 Å². The molecule has 2 aliphatic rings. The van der Waals surface area contributed by atoms with Crippen LogP contribution in [0.5, 0.6) is 0 Å². The Kier molecular flexibility index (Phi) is 4.05. The van der Waals surface area contributed by atoms with Crippen molar-refractivity contribution in [2.75, 3.05) is 5.84 Å². The summed E-state index contributed by atoms with van der Waals surface area (Å²) in [6, 6.07) is 0. The Morgan fingerprint density at radius 1 is 1.33 bits per heavy atom. The number of rotatable bonds is 4. The highest BCUT2D eigenvalue weighted by Crippen LogP contribution is 2.41. The molecule has 0 aromatic carbocycles. The number of H-pyrrole nitrogens is 1. The highest BCUT2D eigenvalue weighted by molar-refractivity contribution is 7.99. The number of hydrogen-bond donors (Lipinski definition) is 2. The number of aromatic amines is 1. The lowest BCUT2D eigenvalue weighted by Crippen LogP contribution is -2.16. The molecule has 0 bridgehead atoms. The lowest BCUT2D eigenvalue weighted by molar-refractivity contribution is 0.509. The number of nitrogens with one attached hydrogen (secondary N) is 1. The van der Waals surface area contributed by atoms with E-state index in [1.165, 1.54) is 22.2 Å². The summed E-state index contributed by atoms with van der Waals surface area (Å²) in [7, 11) is 0. The highest BCUT2D eigenvalue weighted by Gasteiger charge is 2.30. The Bertz CT molecular complexity index is 1080. The van der Waals surface area contributed by atoms with Crippen molar-refractivity contribution in [2.24, 2.45) is 5.92 Å². The second kappa shape index (κ2) is 6.34. The zero-order chi connectivity index (χ0) is 18.7. The molecule has 7 nitrogen and oxygen atoms in total. The van der Waals surface area contributed by atoms with Gasteiger partial charge < -0.3 is 10.8 Å². The maximum absolute atomic E-state index is 12.8. The zero-order valence-electron chi connectivity index (χ0n) is 15.4. The van der Waals surface area contributed by atoms with Gasteiger partial charge in [-0.15, -0.1) is 21.5 Å². The summed E-state index contributed by atoms with van der Waals surface area (Å²) in [4.78, 5) is 22.8. The molecule has 1 saturated carbocycles. The fourth-order valence-corrected chi connectivity index (χ4v) is 5.99. The van der Waals surface area contributed by atoms with E-state index in [2.05, 4.69) is 22.1 Å². The van der Waals surface area contributed by atoms with E-state index in [0.29, 0.717) is 22.8 Å². The Hall–Kier alpha value is -1.87. The number of aromatic nitrogens is 5. The number of thiophene rings is 1. The molecule has 0 saturated heterocycles. The van der Waals surface area contributed by atoms with E-state index in [0.717, 1.165) is 48.1 Å². The third-order valence-electron chi connectivity index (χ3n) is 5.48. The molecule has 3 aromatic heterocycles. The lowest BCUT2D eigenvalue weighted by Gasteiger charge is -2.17. The van der Waals surface area contributed by atoms with E-state index in [4.69, 9.17) is 10.8 Å². The Morgan fingerprint density at radius 2 is 2.15 bits per heavy atom. The minimum atomic E-state index is -0.0706. The minimum absolute atomic E-state index is 0.0256. The maximum Gasteiger partial charge on any atom is 0.259 e. The molecule has 0 amide bonds. The van der Waals surface area contributed by atoms with Crippen LogP contribution < -0.4 is 11.4 Å². The summed E-state index contributed by atoms with van der Waals surface area (Å²) in [5.41, 5.74) is 1.19. The number of nitrogens with two attached hydrogens (primary N) is 1. The normalized spacial score (nSPS) is 20.7. The van der Waals surface area contributed by atoms with Crippen LogP contribution in [0.1, 0.15) is 66.4 Å². The van der Waals surface area contributed by atoms with Crippen LogP contribution in [0.25, 0.3) is 10.2 Å². The van der Waals surface area contributed by atoms with Crippen molar-refractivity contribution in [1.29, 1.82) is 0 Å². The molecule has 27 heavy (non-hydrogen) atoms. The third kappa shape index (κ3) is 2.97. The van der Waals surface area contributed by atoms with Gasteiger partial charge in [-0.1, -0.05) is 18.7 Å². The standard InChI is InChI=1S/C18H22N6OS2/c1-8-3-6-11-12(7-8)27-17-13(11)16(25)20-14(21-17)9(2)26-18-23-22-15(24(18)19)10-4-5-10/h8-10H,3-7,19H2,1-2H3,(H,20,21,25)/t8-,9+/m1/s1. The zero-order valence-corrected chi connectivity index (χ0v) is 17.0. The van der Waals surface area contributed by atoms with Crippen molar-refractivity contribution in [1.82, 2.24) is 24.8 Å². The molecule has 3 N–H and O–H groups in total. The molecular formula is C18H22N6OS2. The number of aryl methyl sites for hydroxylation is 1. The van der Waals surface area contributed by atoms with Gasteiger partial charge in [0.25, 0.3) is 5.56 Å². The molecular weight excluding hydrogens is 380 g/mol. The molecule has 3 heterocycles. The van der Waals surface area contributed by atoms with Gasteiger partial charge in [0.15, 0.2) is 5.82 Å². The van der Waals surface area contributed by atoms with Crippen LogP contribution in [0.2, 0.25) is 0 Å². The summed E-state index contributed by atoms with van der Waals surface area (Å²) in [6.07, 6.45) is 5.42. The van der Waals surface area contributed by atoms with Gasteiger partial charge >= 0.3 is 0 Å². The summed E-state index contributed by atoms with van der Waals surface area (Å²) < 4.78 is 1.58. The molecule has 0 radical (unpaired) electrons. The number of thioether (sulfide) groups is 1. The summed E-state index contributed by atoms with van der Waals surface area (Å²) in [6.45, 7) is 4.28. The van der Waals surface area contributed by atoms with Crippen molar-refractivity contribution in [3.8, 4) is 0 Å². The lowest BCUT2D eigenvalue weighted by atomic mass is 9.89. The first-order valence-electron chi connectivity index (χ1n) is 9.42. The molecule has 5 rings (SSSR count). The van der Waals surface area contributed by atoms with Crippen LogP contribution in [0, 0.1) is 5.92 Å². The molecule has 0 spiro atoms. The first-order valence-corrected chi connectivity index (χ1v) is 11.1. The van der Waals surface area contributed by atoms with Gasteiger partial charge in [0.1, 0.15) is 10.7 Å². The van der Waals surface area contributed by atoms with E-state index in [1.807, 2.05) is 6.92 Å². The number of nitrogen functional groups attached to an aromatic ring is 1. The average molecular weight is 403 g/mol. The van der Waals surface area contributed by atoms with Crippen molar-refractivity contribution in [3.63, 3.8) is 0 Å². The van der Waals surface area contributed by atoms with E-state index in [1.54, 1.807) is 16.0 Å². The van der Waals surface area contributed by atoms with E-state index in [-0.39, 0.29) is 10.8 Å². The molecule has 0 unspecified atom stereocenters. The monoisotopic (exact) mass is 402 g/mol. The summed E-state index contributed by atoms with van der Waals surface area (Å²) in [5.74, 6) is 8.79. The number of fused-ring (bicyclic) bond motifs is 3. The van der Waals surface area contributed by atoms with Gasteiger partial charge in [-0.2, -0.15) is 0 Å². The minimum Gasteiger partial charge on any atom is -0.336 e. The molecule has 2 aliphatic carbocycles. The smallest absolute Gasteiger partial charge is 0.259 e. The first-order chi connectivity index (χ1) is 13.0. The highest BCUT2D eigenvalue weighted by atomic mass is 32.2. The molecule has 0 aliphatic heterocycles. The van der Waals surface area contributed by atoms with E-state index >= 15 is 0 Å². The second-order valence-corrected chi connectivity index (χ2v) is 10.1. The number of hydrogen-bond acceptors (Lipinski definition) is 7. The Morgan fingerprint density at radius 3 is 2.93 bits per heavy atom. The van der Waals surface area contributed by atoms with Gasteiger partial charge in [0.05, 0.1) is 10.6 Å². The van der Waals surface area contributed by atoms with Gasteiger partial charge in [-0.3, -0.25) is 4.79 Å². The Balaban J connectivity index is 1.47. The molecule has 142 valence electrons. The summed E-state index contributed by atoms with van der Waals surface area (Å²) >= 11 is 3.15. The van der Waals surface area contributed by atoms with Gasteiger partial charge in [0, 0.05) is 10.8 Å². The van der Waals surface area contributed by atoms with E-state index in [9.17, 15) is 4.79 Å². The van der Waals surface area contributed by atoms with Crippen molar-refractivity contribution in [3.05, 3.63) is 32.4 Å².